The zero-order valence-corrected chi connectivity index (χ0v) is 9.84. The van der Waals surface area contributed by atoms with Crippen molar-refractivity contribution in [3.05, 3.63) is 16.4 Å². The zero-order valence-electron chi connectivity index (χ0n) is 9.03. The summed E-state index contributed by atoms with van der Waals surface area (Å²) in [6, 6.07) is 0. The second kappa shape index (κ2) is 3.28. The molecular formula is C10H14N4S. The molecule has 4 nitrogen and oxygen atoms in total. The van der Waals surface area contributed by atoms with E-state index in [-0.39, 0.29) is 0 Å². The molecule has 1 aliphatic heterocycles. The molecule has 0 atom stereocenters. The smallest absolute Gasteiger partial charge is 0.212 e. The summed E-state index contributed by atoms with van der Waals surface area (Å²) in [4.78, 5) is 8.12. The lowest BCUT2D eigenvalue weighted by molar-refractivity contribution is 0.261. The van der Waals surface area contributed by atoms with Gasteiger partial charge in [0.05, 0.1) is 11.4 Å². The van der Waals surface area contributed by atoms with Gasteiger partial charge in [-0.05, 0) is 13.5 Å². The van der Waals surface area contributed by atoms with E-state index in [2.05, 4.69) is 21.9 Å². The molecule has 1 aliphatic rings. The minimum Gasteiger partial charge on any atom is -0.297 e. The minimum absolute atomic E-state index is 0.996. The topological polar surface area (TPSA) is 33.4 Å². The molecular weight excluding hydrogens is 208 g/mol. The van der Waals surface area contributed by atoms with Crippen molar-refractivity contribution in [2.75, 3.05) is 13.1 Å². The Morgan fingerprint density at radius 2 is 2.33 bits per heavy atom. The monoisotopic (exact) mass is 222 g/mol. The van der Waals surface area contributed by atoms with E-state index < -0.39 is 0 Å². The molecule has 0 N–H and O–H groups in total. The van der Waals surface area contributed by atoms with E-state index in [1.54, 1.807) is 11.3 Å². The lowest BCUT2D eigenvalue weighted by atomic mass is 10.1. The van der Waals surface area contributed by atoms with Crippen LogP contribution in [0.5, 0.6) is 0 Å². The highest BCUT2D eigenvalue weighted by molar-refractivity contribution is 7.16. The first-order valence-corrected chi connectivity index (χ1v) is 6.16. The van der Waals surface area contributed by atoms with Gasteiger partial charge in [-0.3, -0.25) is 4.90 Å². The SMILES string of the molecule is CCN1CCc2nc3sc(C)nn3c2C1. The number of hydrogen-bond donors (Lipinski definition) is 0. The highest BCUT2D eigenvalue weighted by atomic mass is 32.1. The molecule has 80 valence electrons. The Labute approximate surface area is 92.5 Å². The average molecular weight is 222 g/mol. The Hall–Kier alpha value is -0.940. The molecule has 0 unspecified atom stereocenters. The van der Waals surface area contributed by atoms with E-state index in [9.17, 15) is 0 Å². The summed E-state index contributed by atoms with van der Waals surface area (Å²) in [5.41, 5.74) is 2.54. The zero-order chi connectivity index (χ0) is 10.4. The predicted molar refractivity (Wildman–Crippen MR) is 60.3 cm³/mol. The Morgan fingerprint density at radius 1 is 1.47 bits per heavy atom. The van der Waals surface area contributed by atoms with Crippen molar-refractivity contribution in [3.8, 4) is 0 Å². The number of fused-ring (bicyclic) bond motifs is 3. The summed E-state index contributed by atoms with van der Waals surface area (Å²) in [6.45, 7) is 7.47. The van der Waals surface area contributed by atoms with Crippen LogP contribution in [0.15, 0.2) is 0 Å². The third kappa shape index (κ3) is 1.38. The second-order valence-corrected chi connectivity index (χ2v) is 5.10. The van der Waals surface area contributed by atoms with Crippen molar-refractivity contribution in [1.82, 2.24) is 19.5 Å². The Bertz CT molecular complexity index is 499. The van der Waals surface area contributed by atoms with Gasteiger partial charge in [0.1, 0.15) is 5.01 Å². The van der Waals surface area contributed by atoms with E-state index in [1.165, 1.54) is 11.4 Å². The summed E-state index contributed by atoms with van der Waals surface area (Å²) < 4.78 is 2.02. The van der Waals surface area contributed by atoms with Crippen molar-refractivity contribution < 1.29 is 0 Å². The van der Waals surface area contributed by atoms with Gasteiger partial charge in [0.2, 0.25) is 4.96 Å². The van der Waals surface area contributed by atoms with Gasteiger partial charge in [-0.2, -0.15) is 5.10 Å². The second-order valence-electron chi connectivity index (χ2n) is 3.94. The standard InChI is InChI=1S/C10H14N4S/c1-3-13-5-4-8-9(6-13)14-10(11-8)15-7(2)12-14/h3-6H2,1-2H3. The van der Waals surface area contributed by atoms with E-state index in [4.69, 9.17) is 0 Å². The van der Waals surface area contributed by atoms with Crippen LogP contribution >= 0.6 is 11.3 Å². The van der Waals surface area contributed by atoms with Crippen LogP contribution in [0.25, 0.3) is 4.96 Å². The quantitative estimate of drug-likeness (QED) is 0.732. The first-order chi connectivity index (χ1) is 7.28. The van der Waals surface area contributed by atoms with Crippen LogP contribution in [0, 0.1) is 6.92 Å². The lowest BCUT2D eigenvalue weighted by Gasteiger charge is -2.24. The highest BCUT2D eigenvalue weighted by Gasteiger charge is 2.22. The maximum absolute atomic E-state index is 4.64. The number of imidazole rings is 1. The van der Waals surface area contributed by atoms with Gasteiger partial charge in [-0.25, -0.2) is 9.50 Å². The number of aryl methyl sites for hydroxylation is 1. The summed E-state index contributed by atoms with van der Waals surface area (Å²) in [5, 5.41) is 5.59. The molecule has 0 spiro atoms. The van der Waals surface area contributed by atoms with Gasteiger partial charge in [0, 0.05) is 19.5 Å². The first kappa shape index (κ1) is 9.30. The van der Waals surface area contributed by atoms with Crippen LogP contribution in [0.2, 0.25) is 0 Å². The number of rotatable bonds is 1. The molecule has 0 fully saturated rings. The summed E-state index contributed by atoms with van der Waals surface area (Å²) >= 11 is 1.68. The van der Waals surface area contributed by atoms with E-state index in [1.807, 2.05) is 11.4 Å². The van der Waals surface area contributed by atoms with Gasteiger partial charge < -0.3 is 0 Å². The van der Waals surface area contributed by atoms with Crippen molar-refractivity contribution >= 4 is 16.3 Å². The molecule has 15 heavy (non-hydrogen) atoms. The number of aromatic nitrogens is 3. The van der Waals surface area contributed by atoms with Gasteiger partial charge in [0.25, 0.3) is 0 Å². The van der Waals surface area contributed by atoms with Gasteiger partial charge in [-0.1, -0.05) is 18.3 Å². The van der Waals surface area contributed by atoms with Crippen LogP contribution in [0.4, 0.5) is 0 Å². The molecule has 0 aromatic carbocycles. The fourth-order valence-electron chi connectivity index (χ4n) is 2.11. The molecule has 0 amide bonds. The Balaban J connectivity index is 2.12. The third-order valence-corrected chi connectivity index (χ3v) is 3.79. The molecule has 2 aromatic heterocycles. The first-order valence-electron chi connectivity index (χ1n) is 5.34. The summed E-state index contributed by atoms with van der Waals surface area (Å²) in [7, 11) is 0. The largest absolute Gasteiger partial charge is 0.297 e. The number of hydrogen-bond acceptors (Lipinski definition) is 4. The van der Waals surface area contributed by atoms with Crippen LogP contribution in [-0.4, -0.2) is 32.6 Å². The Morgan fingerprint density at radius 3 is 3.13 bits per heavy atom. The van der Waals surface area contributed by atoms with Crippen molar-refractivity contribution in [2.45, 2.75) is 26.8 Å². The van der Waals surface area contributed by atoms with Gasteiger partial charge >= 0.3 is 0 Å². The molecule has 3 rings (SSSR count). The molecule has 2 aromatic rings. The number of likely N-dealkylation sites (N-methyl/N-ethyl adjacent to an activating group) is 1. The van der Waals surface area contributed by atoms with E-state index in [0.29, 0.717) is 0 Å². The molecule has 5 heteroatoms. The van der Waals surface area contributed by atoms with Crippen LogP contribution in [0.3, 0.4) is 0 Å². The molecule has 0 saturated heterocycles. The maximum Gasteiger partial charge on any atom is 0.212 e. The fourth-order valence-corrected chi connectivity index (χ4v) is 2.89. The van der Waals surface area contributed by atoms with Crippen LogP contribution in [-0.2, 0) is 13.0 Å². The molecule has 0 saturated carbocycles. The minimum atomic E-state index is 0.996. The maximum atomic E-state index is 4.64. The highest BCUT2D eigenvalue weighted by Crippen LogP contribution is 2.23. The number of nitrogens with zero attached hydrogens (tertiary/aromatic N) is 4. The molecule has 0 aliphatic carbocycles. The van der Waals surface area contributed by atoms with Crippen molar-refractivity contribution in [3.63, 3.8) is 0 Å². The fraction of sp³-hybridized carbons (Fsp3) is 0.600. The van der Waals surface area contributed by atoms with Gasteiger partial charge in [-0.15, -0.1) is 0 Å². The predicted octanol–water partition coefficient (Wildman–Crippen LogP) is 1.48. The third-order valence-electron chi connectivity index (χ3n) is 2.97. The van der Waals surface area contributed by atoms with Crippen LogP contribution < -0.4 is 0 Å². The molecule has 3 heterocycles. The van der Waals surface area contributed by atoms with Crippen molar-refractivity contribution in [1.29, 1.82) is 0 Å². The normalized spacial score (nSPS) is 17.2. The van der Waals surface area contributed by atoms with E-state index >= 15 is 0 Å². The van der Waals surface area contributed by atoms with Gasteiger partial charge in [0.15, 0.2) is 0 Å². The molecule has 0 radical (unpaired) electrons. The average Bonchev–Trinajstić information content (AvgIpc) is 2.73. The summed E-state index contributed by atoms with van der Waals surface area (Å²) in [6.07, 6.45) is 1.07. The summed E-state index contributed by atoms with van der Waals surface area (Å²) in [5.74, 6) is 0. The molecule has 0 bridgehead atoms. The van der Waals surface area contributed by atoms with Crippen molar-refractivity contribution in [2.24, 2.45) is 0 Å². The Kier molecular flexibility index (Phi) is 2.03. The van der Waals surface area contributed by atoms with Crippen LogP contribution in [0.1, 0.15) is 23.3 Å². The lowest BCUT2D eigenvalue weighted by Crippen LogP contribution is -2.30. The van der Waals surface area contributed by atoms with E-state index in [0.717, 1.165) is 36.0 Å².